The molecule has 0 fully saturated rings. The summed E-state index contributed by atoms with van der Waals surface area (Å²) in [5, 5.41) is 0. The van der Waals surface area contributed by atoms with E-state index in [2.05, 4.69) is 13.8 Å². The number of quaternary nitrogens is 1. The van der Waals surface area contributed by atoms with Gasteiger partial charge < -0.3 is 27.9 Å². The molecule has 0 amide bonds. The van der Waals surface area contributed by atoms with E-state index < -0.39 is 13.9 Å². The third-order valence-electron chi connectivity index (χ3n) is 13.2. The summed E-state index contributed by atoms with van der Waals surface area (Å²) in [5.74, 6) is -0.324. The van der Waals surface area contributed by atoms with Crippen molar-refractivity contribution in [1.29, 1.82) is 0 Å². The van der Waals surface area contributed by atoms with Crippen LogP contribution in [0.4, 0.5) is 0 Å². The minimum absolute atomic E-state index is 0.0318. The molecular formula is C56H114NO7P. The number of rotatable bonds is 55. The molecule has 390 valence electrons. The molecule has 0 radical (unpaired) electrons. The lowest BCUT2D eigenvalue weighted by Gasteiger charge is -2.28. The zero-order chi connectivity index (χ0) is 47.6. The molecule has 0 N–H and O–H groups in total. The largest absolute Gasteiger partial charge is 0.756 e. The van der Waals surface area contributed by atoms with E-state index in [4.69, 9.17) is 18.5 Å². The van der Waals surface area contributed by atoms with Crippen molar-refractivity contribution in [3.63, 3.8) is 0 Å². The fraction of sp³-hybridized carbons (Fsp3) is 0.982. The van der Waals surface area contributed by atoms with Gasteiger partial charge in [0.2, 0.25) is 0 Å². The van der Waals surface area contributed by atoms with Crippen molar-refractivity contribution in [2.45, 2.75) is 302 Å². The summed E-state index contributed by atoms with van der Waals surface area (Å²) in [4.78, 5) is 25.2. The highest BCUT2D eigenvalue weighted by molar-refractivity contribution is 7.45. The summed E-state index contributed by atoms with van der Waals surface area (Å²) in [6, 6.07) is 0. The first-order valence-corrected chi connectivity index (χ1v) is 30.2. The molecule has 0 saturated carbocycles. The zero-order valence-electron chi connectivity index (χ0n) is 44.5. The number of carbonyl (C=O) groups is 1. The van der Waals surface area contributed by atoms with Crippen LogP contribution in [0.3, 0.4) is 0 Å². The van der Waals surface area contributed by atoms with E-state index >= 15 is 0 Å². The van der Waals surface area contributed by atoms with Gasteiger partial charge in [-0.15, -0.1) is 0 Å². The highest BCUT2D eigenvalue weighted by atomic mass is 31.2. The van der Waals surface area contributed by atoms with Crippen molar-refractivity contribution >= 4 is 13.8 Å². The molecule has 9 heteroatoms. The number of phosphoric ester groups is 1. The molecule has 0 aliphatic rings. The van der Waals surface area contributed by atoms with Gasteiger partial charge in [-0.25, -0.2) is 0 Å². The monoisotopic (exact) mass is 944 g/mol. The second kappa shape index (κ2) is 49.9. The van der Waals surface area contributed by atoms with Gasteiger partial charge >= 0.3 is 5.97 Å². The Balaban J connectivity index is 3.91. The number of unbranched alkanes of at least 4 members (excludes halogenated alkanes) is 41. The lowest BCUT2D eigenvalue weighted by Crippen LogP contribution is -2.37. The normalized spacial score (nSPS) is 13.4. The van der Waals surface area contributed by atoms with Crippen molar-refractivity contribution in [2.75, 3.05) is 54.1 Å². The van der Waals surface area contributed by atoms with Crippen LogP contribution in [0.1, 0.15) is 296 Å². The summed E-state index contributed by atoms with van der Waals surface area (Å²) in [6.07, 6.45) is 57.2. The van der Waals surface area contributed by atoms with Gasteiger partial charge in [-0.2, -0.15) is 0 Å². The van der Waals surface area contributed by atoms with Crippen molar-refractivity contribution in [1.82, 2.24) is 0 Å². The van der Waals surface area contributed by atoms with E-state index in [1.807, 2.05) is 21.1 Å². The number of ether oxygens (including phenoxy) is 2. The van der Waals surface area contributed by atoms with Crippen LogP contribution in [0, 0.1) is 0 Å². The predicted octanol–water partition coefficient (Wildman–Crippen LogP) is 17.3. The van der Waals surface area contributed by atoms with E-state index in [9.17, 15) is 14.3 Å². The van der Waals surface area contributed by atoms with Gasteiger partial charge in [0.05, 0.1) is 34.4 Å². The second-order valence-electron chi connectivity index (χ2n) is 21.0. The Morgan fingerprint density at radius 1 is 0.415 bits per heavy atom. The molecule has 0 heterocycles. The third kappa shape index (κ3) is 54.3. The van der Waals surface area contributed by atoms with E-state index in [1.54, 1.807) is 0 Å². The molecule has 0 aromatic carbocycles. The first-order chi connectivity index (χ1) is 31.6. The van der Waals surface area contributed by atoms with Gasteiger partial charge in [-0.05, 0) is 12.8 Å². The Hall–Kier alpha value is -0.500. The minimum atomic E-state index is -4.52. The van der Waals surface area contributed by atoms with Gasteiger partial charge in [0.25, 0.3) is 7.82 Å². The van der Waals surface area contributed by atoms with Crippen LogP contribution in [0.25, 0.3) is 0 Å². The Morgan fingerprint density at radius 2 is 0.708 bits per heavy atom. The van der Waals surface area contributed by atoms with Gasteiger partial charge in [-0.3, -0.25) is 9.36 Å². The molecule has 0 rings (SSSR count). The van der Waals surface area contributed by atoms with Crippen LogP contribution >= 0.6 is 7.82 Å². The Kier molecular flexibility index (Phi) is 49.5. The Labute approximate surface area is 406 Å². The van der Waals surface area contributed by atoms with Crippen LogP contribution in [0.2, 0.25) is 0 Å². The molecule has 0 aromatic rings. The maximum atomic E-state index is 12.8. The highest BCUT2D eigenvalue weighted by Crippen LogP contribution is 2.38. The standard InChI is InChI=1S/C56H114NO7P/c1-6-8-10-12-14-16-18-20-22-23-24-25-26-27-28-29-30-31-32-33-34-35-36-37-39-41-43-45-47-49-56(58)64-55(54-63-65(59,60)62-52-50-57(3,4)5)53-61-51-48-46-44-42-40-38-21-19-17-15-13-11-9-7-2/h55H,6-54H2,1-5H3/t55-/m1/s1. The molecule has 8 nitrogen and oxygen atoms in total. The van der Waals surface area contributed by atoms with E-state index in [0.29, 0.717) is 24.1 Å². The van der Waals surface area contributed by atoms with E-state index in [1.165, 1.54) is 244 Å². The summed E-state index contributed by atoms with van der Waals surface area (Å²) in [7, 11) is 1.38. The lowest BCUT2D eigenvalue weighted by molar-refractivity contribution is -0.870. The topological polar surface area (TPSA) is 94.1 Å². The molecule has 0 aromatic heterocycles. The molecule has 0 bridgehead atoms. The maximum absolute atomic E-state index is 12.8. The Morgan fingerprint density at radius 3 is 1.02 bits per heavy atom. The molecule has 0 aliphatic heterocycles. The van der Waals surface area contributed by atoms with Gasteiger partial charge in [0.1, 0.15) is 19.3 Å². The SMILES string of the molecule is CCCCCCCCCCCCCCCCCCCCCCCCCCCCCCCC(=O)O[C@H](COCCCCCCCCCCCCCCCC)COP(=O)([O-])OCC[N+](C)(C)C. The average Bonchev–Trinajstić information content (AvgIpc) is 3.27. The first-order valence-electron chi connectivity index (χ1n) is 28.8. The number of likely N-dealkylation sites (N-methyl/N-ethyl adjacent to an activating group) is 1. The van der Waals surface area contributed by atoms with Crippen LogP contribution in [-0.4, -0.2) is 70.7 Å². The number of hydrogen-bond acceptors (Lipinski definition) is 7. The predicted molar refractivity (Wildman–Crippen MR) is 278 cm³/mol. The fourth-order valence-corrected chi connectivity index (χ4v) is 9.46. The summed E-state index contributed by atoms with van der Waals surface area (Å²) < 4.78 is 34.8. The van der Waals surface area contributed by atoms with Crippen LogP contribution in [0.5, 0.6) is 0 Å². The second-order valence-corrected chi connectivity index (χ2v) is 22.4. The van der Waals surface area contributed by atoms with Crippen molar-refractivity contribution in [2.24, 2.45) is 0 Å². The Bertz CT molecular complexity index is 1010. The number of esters is 1. The molecule has 0 aliphatic carbocycles. The van der Waals surface area contributed by atoms with Crippen LogP contribution in [-0.2, 0) is 27.9 Å². The summed E-state index contributed by atoms with van der Waals surface area (Å²) in [5.41, 5.74) is 0. The first kappa shape index (κ1) is 64.5. The maximum Gasteiger partial charge on any atom is 0.306 e. The molecule has 2 atom stereocenters. The number of nitrogens with zero attached hydrogens (tertiary/aromatic N) is 1. The van der Waals surface area contributed by atoms with Crippen molar-refractivity contribution < 1.29 is 37.3 Å². The third-order valence-corrected chi connectivity index (χ3v) is 14.1. The fourth-order valence-electron chi connectivity index (χ4n) is 8.73. The van der Waals surface area contributed by atoms with Crippen molar-refractivity contribution in [3.8, 4) is 0 Å². The smallest absolute Gasteiger partial charge is 0.306 e. The minimum Gasteiger partial charge on any atom is -0.756 e. The summed E-state index contributed by atoms with van der Waals surface area (Å²) >= 11 is 0. The molecular weight excluding hydrogens is 830 g/mol. The molecule has 0 saturated heterocycles. The van der Waals surface area contributed by atoms with Crippen molar-refractivity contribution in [3.05, 3.63) is 0 Å². The highest BCUT2D eigenvalue weighted by Gasteiger charge is 2.20. The van der Waals surface area contributed by atoms with Crippen LogP contribution < -0.4 is 4.89 Å². The van der Waals surface area contributed by atoms with Gasteiger partial charge in [-0.1, -0.05) is 277 Å². The number of hydrogen-bond donors (Lipinski definition) is 0. The van der Waals surface area contributed by atoms with E-state index in [0.717, 1.165) is 32.1 Å². The average molecular weight is 945 g/mol. The quantitative estimate of drug-likeness (QED) is 0.0259. The lowest BCUT2D eigenvalue weighted by atomic mass is 10.0. The molecule has 0 spiro atoms. The summed E-state index contributed by atoms with van der Waals surface area (Å²) in [6.45, 7) is 5.50. The number of carbonyl (C=O) groups excluding carboxylic acids is 1. The zero-order valence-corrected chi connectivity index (χ0v) is 45.4. The molecule has 1 unspecified atom stereocenters. The van der Waals surface area contributed by atoms with Crippen LogP contribution in [0.15, 0.2) is 0 Å². The van der Waals surface area contributed by atoms with Gasteiger partial charge in [0.15, 0.2) is 0 Å². The van der Waals surface area contributed by atoms with E-state index in [-0.39, 0.29) is 25.8 Å². The molecule has 65 heavy (non-hydrogen) atoms. The van der Waals surface area contributed by atoms with Gasteiger partial charge in [0, 0.05) is 13.0 Å². The number of phosphoric acid groups is 1.